The molecule has 0 aromatic heterocycles. The zero-order valence-corrected chi connectivity index (χ0v) is 7.56. The second kappa shape index (κ2) is 3.24. The summed E-state index contributed by atoms with van der Waals surface area (Å²) in [5.74, 6) is 0.607. The predicted octanol–water partition coefficient (Wildman–Crippen LogP) is 3.14. The van der Waals surface area contributed by atoms with Crippen molar-refractivity contribution in [3.63, 3.8) is 0 Å². The third-order valence-corrected chi connectivity index (χ3v) is 2.06. The van der Waals surface area contributed by atoms with Crippen molar-refractivity contribution in [1.29, 1.82) is 0 Å². The van der Waals surface area contributed by atoms with Gasteiger partial charge in [-0.05, 0) is 41.6 Å². The van der Waals surface area contributed by atoms with E-state index < -0.39 is 0 Å². The first kappa shape index (κ1) is 7.86. The minimum atomic E-state index is 0.299. The fraction of sp³-hybridized carbons (Fsp3) is 0.500. The Labute approximate surface area is 69.6 Å². The second-order valence-electron chi connectivity index (χ2n) is 2.52. The van der Waals surface area contributed by atoms with Gasteiger partial charge in [-0.25, -0.2) is 0 Å². The van der Waals surface area contributed by atoms with E-state index in [9.17, 15) is 0 Å². The maximum Gasteiger partial charge on any atom is 0.162 e. The maximum absolute atomic E-state index is 9.10. The fourth-order valence-electron chi connectivity index (χ4n) is 0.947. The van der Waals surface area contributed by atoms with Crippen molar-refractivity contribution < 1.29 is 5.11 Å². The average molecular weight is 203 g/mol. The van der Waals surface area contributed by atoms with Gasteiger partial charge < -0.3 is 5.11 Å². The van der Waals surface area contributed by atoms with E-state index >= 15 is 0 Å². The van der Waals surface area contributed by atoms with Gasteiger partial charge in [0.15, 0.2) is 4.67 Å². The molecule has 0 radical (unpaired) electrons. The molecule has 0 spiro atoms. The van der Waals surface area contributed by atoms with Gasteiger partial charge in [0, 0.05) is 5.57 Å². The molecule has 1 rings (SSSR count). The van der Waals surface area contributed by atoms with Crippen LogP contribution in [0.3, 0.4) is 0 Å². The van der Waals surface area contributed by atoms with Crippen LogP contribution in [0.25, 0.3) is 0 Å². The van der Waals surface area contributed by atoms with Gasteiger partial charge in [0.2, 0.25) is 0 Å². The van der Waals surface area contributed by atoms with Crippen molar-refractivity contribution in [2.24, 2.45) is 5.92 Å². The first-order valence-corrected chi connectivity index (χ1v) is 4.26. The van der Waals surface area contributed by atoms with Crippen molar-refractivity contribution in [1.82, 2.24) is 0 Å². The van der Waals surface area contributed by atoms with Crippen LogP contribution >= 0.6 is 15.9 Å². The van der Waals surface area contributed by atoms with Crippen molar-refractivity contribution in [2.45, 2.75) is 19.8 Å². The SMILES string of the molecule is C/C=C\C(=C(/O)Br)C1CC1. The Morgan fingerprint density at radius 2 is 2.20 bits per heavy atom. The Kier molecular flexibility index (Phi) is 2.55. The Bertz CT molecular complexity index is 174. The summed E-state index contributed by atoms with van der Waals surface area (Å²) < 4.78 is 0.299. The quantitative estimate of drug-likeness (QED) is 0.539. The van der Waals surface area contributed by atoms with Crippen LogP contribution in [0.5, 0.6) is 0 Å². The molecule has 1 saturated carbocycles. The van der Waals surface area contributed by atoms with Crippen molar-refractivity contribution >= 4 is 15.9 Å². The summed E-state index contributed by atoms with van der Waals surface area (Å²) in [6, 6.07) is 0. The lowest BCUT2D eigenvalue weighted by atomic mass is 10.2. The van der Waals surface area contributed by atoms with Gasteiger partial charge in [0.05, 0.1) is 0 Å². The van der Waals surface area contributed by atoms with Crippen LogP contribution in [0.2, 0.25) is 0 Å². The van der Waals surface area contributed by atoms with Crippen LogP contribution < -0.4 is 0 Å². The molecule has 0 saturated heterocycles. The van der Waals surface area contributed by atoms with E-state index in [1.165, 1.54) is 12.8 Å². The first-order chi connectivity index (χ1) is 4.75. The topological polar surface area (TPSA) is 20.2 Å². The molecular formula is C8H11BrO. The lowest BCUT2D eigenvalue weighted by Crippen LogP contribution is -1.83. The van der Waals surface area contributed by atoms with E-state index in [2.05, 4.69) is 15.9 Å². The predicted molar refractivity (Wildman–Crippen MR) is 46.1 cm³/mol. The summed E-state index contributed by atoms with van der Waals surface area (Å²) in [6.45, 7) is 1.96. The minimum absolute atomic E-state index is 0.299. The van der Waals surface area contributed by atoms with Crippen LogP contribution in [0.15, 0.2) is 22.4 Å². The summed E-state index contributed by atoms with van der Waals surface area (Å²) >= 11 is 3.07. The Morgan fingerprint density at radius 3 is 2.50 bits per heavy atom. The largest absolute Gasteiger partial charge is 0.502 e. The van der Waals surface area contributed by atoms with Gasteiger partial charge in [-0.15, -0.1) is 0 Å². The standard InChI is InChI=1S/C8H11BrO/c1-2-3-7(8(9)10)6-4-5-6/h2-3,6,10H,4-5H2,1H3/b3-2-,8-7+. The summed E-state index contributed by atoms with van der Waals surface area (Å²) in [7, 11) is 0. The zero-order valence-electron chi connectivity index (χ0n) is 5.97. The highest BCUT2D eigenvalue weighted by Crippen LogP contribution is 2.39. The van der Waals surface area contributed by atoms with Gasteiger partial charge in [0.1, 0.15) is 0 Å². The van der Waals surface area contributed by atoms with E-state index in [-0.39, 0.29) is 0 Å². The van der Waals surface area contributed by atoms with Crippen molar-refractivity contribution in [3.05, 3.63) is 22.4 Å². The molecular weight excluding hydrogens is 192 g/mol. The van der Waals surface area contributed by atoms with E-state index in [0.717, 1.165) is 5.57 Å². The second-order valence-corrected chi connectivity index (χ2v) is 3.27. The van der Waals surface area contributed by atoms with Crippen LogP contribution in [-0.4, -0.2) is 5.11 Å². The van der Waals surface area contributed by atoms with Crippen molar-refractivity contribution in [3.8, 4) is 0 Å². The molecule has 0 unspecified atom stereocenters. The third-order valence-electron chi connectivity index (χ3n) is 1.60. The van der Waals surface area contributed by atoms with E-state index in [1.807, 2.05) is 19.1 Å². The minimum Gasteiger partial charge on any atom is -0.502 e. The number of halogens is 1. The first-order valence-electron chi connectivity index (χ1n) is 3.47. The van der Waals surface area contributed by atoms with E-state index in [4.69, 9.17) is 5.11 Å². The molecule has 1 nitrogen and oxygen atoms in total. The molecule has 56 valence electrons. The van der Waals surface area contributed by atoms with Crippen LogP contribution in [0.4, 0.5) is 0 Å². The summed E-state index contributed by atoms with van der Waals surface area (Å²) in [4.78, 5) is 0. The van der Waals surface area contributed by atoms with Gasteiger partial charge in [-0.1, -0.05) is 12.2 Å². The average Bonchev–Trinajstić information content (AvgIpc) is 2.63. The fourth-order valence-corrected chi connectivity index (χ4v) is 1.40. The maximum atomic E-state index is 9.10. The Balaban J connectivity index is 2.68. The molecule has 1 aliphatic rings. The summed E-state index contributed by atoms with van der Waals surface area (Å²) in [5.41, 5.74) is 1.04. The van der Waals surface area contributed by atoms with Gasteiger partial charge in [-0.3, -0.25) is 0 Å². The molecule has 0 aliphatic heterocycles. The lowest BCUT2D eigenvalue weighted by Gasteiger charge is -1.97. The third kappa shape index (κ3) is 1.87. The number of aliphatic hydroxyl groups is 1. The lowest BCUT2D eigenvalue weighted by molar-refractivity contribution is 0.452. The normalized spacial score (nSPS) is 21.4. The molecule has 0 aromatic carbocycles. The van der Waals surface area contributed by atoms with Crippen LogP contribution in [-0.2, 0) is 0 Å². The van der Waals surface area contributed by atoms with Gasteiger partial charge >= 0.3 is 0 Å². The summed E-state index contributed by atoms with van der Waals surface area (Å²) in [6.07, 6.45) is 6.34. The van der Waals surface area contributed by atoms with Crippen molar-refractivity contribution in [2.75, 3.05) is 0 Å². The number of rotatable bonds is 2. The van der Waals surface area contributed by atoms with Gasteiger partial charge in [-0.2, -0.15) is 0 Å². The number of hydrogen-bond donors (Lipinski definition) is 1. The molecule has 0 heterocycles. The van der Waals surface area contributed by atoms with E-state index in [1.54, 1.807) is 0 Å². The number of hydrogen-bond acceptors (Lipinski definition) is 1. The molecule has 1 aliphatic carbocycles. The molecule has 0 amide bonds. The number of aliphatic hydroxyl groups excluding tert-OH is 1. The van der Waals surface area contributed by atoms with Gasteiger partial charge in [0.25, 0.3) is 0 Å². The molecule has 10 heavy (non-hydrogen) atoms. The number of allylic oxidation sites excluding steroid dienone is 3. The summed E-state index contributed by atoms with van der Waals surface area (Å²) in [5, 5.41) is 9.10. The highest BCUT2D eigenvalue weighted by atomic mass is 79.9. The smallest absolute Gasteiger partial charge is 0.162 e. The van der Waals surface area contributed by atoms with Crippen LogP contribution in [0, 0.1) is 5.92 Å². The molecule has 0 atom stereocenters. The molecule has 0 bridgehead atoms. The molecule has 2 heteroatoms. The highest BCUT2D eigenvalue weighted by Gasteiger charge is 2.26. The highest BCUT2D eigenvalue weighted by molar-refractivity contribution is 9.11. The Hall–Kier alpha value is -0.240. The molecule has 1 fully saturated rings. The van der Waals surface area contributed by atoms with E-state index in [0.29, 0.717) is 10.6 Å². The van der Waals surface area contributed by atoms with Crippen LogP contribution in [0.1, 0.15) is 19.8 Å². The zero-order chi connectivity index (χ0) is 7.56. The Morgan fingerprint density at radius 1 is 1.60 bits per heavy atom. The monoisotopic (exact) mass is 202 g/mol. The molecule has 0 aromatic rings. The molecule has 1 N–H and O–H groups in total.